The van der Waals surface area contributed by atoms with E-state index in [2.05, 4.69) is 129 Å². The van der Waals surface area contributed by atoms with Crippen molar-refractivity contribution in [2.75, 3.05) is 4.90 Å². The second-order valence-corrected chi connectivity index (χ2v) is 15.4. The van der Waals surface area contributed by atoms with Crippen LogP contribution in [0.15, 0.2) is 120 Å². The van der Waals surface area contributed by atoms with Crippen LogP contribution in [0.25, 0.3) is 38.2 Å². The van der Waals surface area contributed by atoms with Gasteiger partial charge in [0.05, 0.1) is 11.7 Å². The summed E-state index contributed by atoms with van der Waals surface area (Å²) in [7, 11) is 0. The first kappa shape index (κ1) is 28.2. The average Bonchev–Trinajstić information content (AvgIpc) is 3.75. The van der Waals surface area contributed by atoms with E-state index in [1.165, 1.54) is 47.8 Å². The lowest BCUT2D eigenvalue weighted by molar-refractivity contribution is 0.299. The van der Waals surface area contributed by atoms with E-state index in [0.717, 1.165) is 42.2 Å². The lowest BCUT2D eigenvalue weighted by atomic mass is 9.66. The molecule has 0 fully saturated rings. The monoisotopic (exact) mass is 640 g/mol. The minimum Gasteiger partial charge on any atom is -0.302 e. The first-order valence-electron chi connectivity index (χ1n) is 17.3. The lowest BCUT2D eigenvalue weighted by Gasteiger charge is -2.42. The van der Waals surface area contributed by atoms with Crippen molar-refractivity contribution in [1.82, 2.24) is 15.0 Å². The number of para-hydroxylation sites is 1. The number of aromatic nitrogens is 3. The number of hydrogen-bond acceptors (Lipinski definition) is 5. The number of hydrogen-bond donors (Lipinski definition) is 0. The van der Waals surface area contributed by atoms with Gasteiger partial charge in [0.15, 0.2) is 11.6 Å². The van der Waals surface area contributed by atoms with Crippen molar-refractivity contribution < 1.29 is 0 Å². The molecule has 5 aromatic rings. The Bertz CT molecular complexity index is 2440. The molecule has 0 bridgehead atoms. The minimum atomic E-state index is -0.0638. The second kappa shape index (κ2) is 10.3. The molecule has 3 unspecified atom stereocenters. The first-order chi connectivity index (χ1) is 23.5. The Morgan fingerprint density at radius 3 is 2.44 bits per heavy atom. The molecule has 48 heavy (non-hydrogen) atoms. The first-order valence-corrected chi connectivity index (χ1v) is 18.1. The standard InChI is InChI=1S/C43H36N4S/c1-25-15-14-22-30-35-37(43(2,3)36(25)30)38-33(34-29-21-11-13-24-32(29)48-39(34)35)28-20-10-12-23-31(28)47(38)42-45-40(26-16-6-4-7-17-26)44-41(46-42)27-18-8-5-9-19-27/h4,6-8,10-14,16-25,37-38H,5,9,15H2,1-3H3. The Morgan fingerprint density at radius 1 is 0.792 bits per heavy atom. The van der Waals surface area contributed by atoms with E-state index in [1.54, 1.807) is 5.57 Å². The Kier molecular flexibility index (Phi) is 6.05. The van der Waals surface area contributed by atoms with Gasteiger partial charge in [0.1, 0.15) is 0 Å². The molecule has 4 aliphatic carbocycles. The maximum absolute atomic E-state index is 5.36. The SMILES string of the molecule is CC1CC=CC2=C1C(C)(C)C1C2=c2sc3ccccc3c2=C2c3ccccc3N(c3nc(C4=CCCC=C4)nc(-c4ccccc4)n3)C21. The maximum Gasteiger partial charge on any atom is 0.234 e. The molecule has 5 aliphatic rings. The van der Waals surface area contributed by atoms with Gasteiger partial charge in [-0.3, -0.25) is 0 Å². The highest BCUT2D eigenvalue weighted by atomic mass is 32.1. The summed E-state index contributed by atoms with van der Waals surface area (Å²) in [5, 5.41) is 2.74. The lowest BCUT2D eigenvalue weighted by Crippen LogP contribution is -2.49. The molecule has 5 heteroatoms. The fourth-order valence-electron chi connectivity index (χ4n) is 9.37. The molecular formula is C43H36N4S. The van der Waals surface area contributed by atoms with Gasteiger partial charge in [0.25, 0.3) is 0 Å². The fraction of sp³-hybridized carbons (Fsp3) is 0.233. The van der Waals surface area contributed by atoms with Crippen molar-refractivity contribution in [2.45, 2.75) is 46.1 Å². The van der Waals surface area contributed by atoms with Gasteiger partial charge in [-0.05, 0) is 59.4 Å². The third kappa shape index (κ3) is 3.85. The van der Waals surface area contributed by atoms with E-state index in [9.17, 15) is 0 Å². The van der Waals surface area contributed by atoms with E-state index < -0.39 is 0 Å². The van der Waals surface area contributed by atoms with Crippen LogP contribution in [0.1, 0.15) is 51.4 Å². The predicted octanol–water partition coefficient (Wildman–Crippen LogP) is 8.92. The summed E-state index contributed by atoms with van der Waals surface area (Å²) >= 11 is 1.97. The third-order valence-electron chi connectivity index (χ3n) is 11.2. The number of thiophene rings is 1. The molecule has 0 saturated heterocycles. The van der Waals surface area contributed by atoms with Gasteiger partial charge in [0, 0.05) is 42.5 Å². The van der Waals surface area contributed by atoms with E-state index in [0.29, 0.717) is 11.7 Å². The summed E-state index contributed by atoms with van der Waals surface area (Å²) in [5.74, 6) is 2.89. The average molecular weight is 641 g/mol. The van der Waals surface area contributed by atoms with Crippen molar-refractivity contribution in [3.8, 4) is 11.4 Å². The molecule has 2 aromatic heterocycles. The van der Waals surface area contributed by atoms with Crippen LogP contribution in [0, 0.1) is 17.3 Å². The highest BCUT2D eigenvalue weighted by molar-refractivity contribution is 7.17. The van der Waals surface area contributed by atoms with Crippen LogP contribution in [-0.4, -0.2) is 21.0 Å². The molecule has 1 aliphatic heterocycles. The molecular weight excluding hydrogens is 605 g/mol. The van der Waals surface area contributed by atoms with E-state index in [4.69, 9.17) is 15.0 Å². The van der Waals surface area contributed by atoms with Crippen LogP contribution >= 0.6 is 11.3 Å². The van der Waals surface area contributed by atoms with Crippen molar-refractivity contribution in [3.05, 3.63) is 142 Å². The Hall–Kier alpha value is -4.87. The maximum atomic E-state index is 5.36. The molecule has 4 nitrogen and oxygen atoms in total. The van der Waals surface area contributed by atoms with E-state index in [-0.39, 0.29) is 17.4 Å². The molecule has 10 rings (SSSR count). The zero-order chi connectivity index (χ0) is 32.1. The van der Waals surface area contributed by atoms with Gasteiger partial charge in [-0.15, -0.1) is 11.3 Å². The normalized spacial score (nSPS) is 23.2. The predicted molar refractivity (Wildman–Crippen MR) is 198 cm³/mol. The zero-order valence-corrected chi connectivity index (χ0v) is 28.3. The Labute approximate surface area is 284 Å². The van der Waals surface area contributed by atoms with Crippen LogP contribution in [0.5, 0.6) is 0 Å². The van der Waals surface area contributed by atoms with Crippen molar-refractivity contribution in [1.29, 1.82) is 0 Å². The molecule has 0 N–H and O–H groups in total. The molecule has 0 spiro atoms. The fourth-order valence-corrected chi connectivity index (χ4v) is 10.7. The van der Waals surface area contributed by atoms with Crippen LogP contribution in [0.3, 0.4) is 0 Å². The molecule has 234 valence electrons. The summed E-state index contributed by atoms with van der Waals surface area (Å²) in [4.78, 5) is 18.3. The topological polar surface area (TPSA) is 41.9 Å². The molecule has 0 radical (unpaired) electrons. The minimum absolute atomic E-state index is 0.0267. The summed E-state index contributed by atoms with van der Waals surface area (Å²) in [6, 6.07) is 28.4. The summed E-state index contributed by atoms with van der Waals surface area (Å²) < 4.78 is 2.79. The number of benzene rings is 3. The number of nitrogens with zero attached hydrogens (tertiary/aromatic N) is 4. The van der Waals surface area contributed by atoms with Crippen LogP contribution < -0.4 is 14.7 Å². The van der Waals surface area contributed by atoms with Crippen molar-refractivity contribution in [2.24, 2.45) is 17.3 Å². The Balaban J connectivity index is 1.32. The van der Waals surface area contributed by atoms with Gasteiger partial charge in [-0.1, -0.05) is 123 Å². The van der Waals surface area contributed by atoms with Crippen molar-refractivity contribution in [3.63, 3.8) is 0 Å². The van der Waals surface area contributed by atoms with Crippen LogP contribution in [0.4, 0.5) is 11.6 Å². The molecule has 3 aromatic carbocycles. The number of rotatable bonds is 3. The van der Waals surface area contributed by atoms with Gasteiger partial charge in [-0.25, -0.2) is 4.98 Å². The largest absolute Gasteiger partial charge is 0.302 e. The van der Waals surface area contributed by atoms with E-state index >= 15 is 0 Å². The third-order valence-corrected chi connectivity index (χ3v) is 12.4. The van der Waals surface area contributed by atoms with Gasteiger partial charge in [0.2, 0.25) is 5.95 Å². The highest BCUT2D eigenvalue weighted by Crippen LogP contribution is 2.62. The summed E-state index contributed by atoms with van der Waals surface area (Å²) in [6.07, 6.45) is 14.6. The summed E-state index contributed by atoms with van der Waals surface area (Å²) in [5.41, 5.74) is 10.5. The molecule has 0 amide bonds. The van der Waals surface area contributed by atoms with Crippen LogP contribution in [-0.2, 0) is 0 Å². The second-order valence-electron chi connectivity index (χ2n) is 14.3. The highest BCUT2D eigenvalue weighted by Gasteiger charge is 2.56. The number of anilines is 2. The number of allylic oxidation sites excluding steroid dienone is 8. The quantitative estimate of drug-likeness (QED) is 0.198. The molecule has 3 atom stereocenters. The van der Waals surface area contributed by atoms with Gasteiger partial charge in [-0.2, -0.15) is 9.97 Å². The van der Waals surface area contributed by atoms with Gasteiger partial charge < -0.3 is 4.90 Å². The summed E-state index contributed by atoms with van der Waals surface area (Å²) in [6.45, 7) is 7.42. The van der Waals surface area contributed by atoms with Crippen LogP contribution in [0.2, 0.25) is 0 Å². The van der Waals surface area contributed by atoms with Crippen molar-refractivity contribution >= 4 is 49.8 Å². The molecule has 3 heterocycles. The Morgan fingerprint density at radius 2 is 1.58 bits per heavy atom. The zero-order valence-electron chi connectivity index (χ0n) is 27.4. The smallest absolute Gasteiger partial charge is 0.234 e. The van der Waals surface area contributed by atoms with Gasteiger partial charge >= 0.3 is 0 Å². The molecule has 0 saturated carbocycles. The number of fused-ring (bicyclic) bond motifs is 9. The van der Waals surface area contributed by atoms with E-state index in [1.807, 2.05) is 17.4 Å².